The van der Waals surface area contributed by atoms with Crippen molar-refractivity contribution in [2.24, 2.45) is 47.3 Å². The average molecular weight is 1400 g/mol. The Labute approximate surface area is 603 Å². The van der Waals surface area contributed by atoms with E-state index in [4.69, 9.17) is 5.11 Å². The van der Waals surface area contributed by atoms with Gasteiger partial charge in [0, 0.05) is 159 Å². The Morgan fingerprint density at radius 1 is 0.449 bits per heavy atom. The van der Waals surface area contributed by atoms with Gasteiger partial charge in [-0.3, -0.25) is 48.1 Å². The molecule has 2 fully saturated rings. The van der Waals surface area contributed by atoms with Crippen LogP contribution in [0.3, 0.4) is 0 Å². The molecule has 0 radical (unpaired) electrons. The first kappa shape index (κ1) is 119. The van der Waals surface area contributed by atoms with Crippen molar-refractivity contribution in [2.75, 3.05) is 119 Å². The highest BCUT2D eigenvalue weighted by Gasteiger charge is 2.24. The first-order valence-electron chi connectivity index (χ1n) is 32.4. The summed E-state index contributed by atoms with van der Waals surface area (Å²) < 4.78 is 0. The minimum atomic E-state index is -0.0101. The fraction of sp³-hybridized carbons (Fsp3) is 0.737. The van der Waals surface area contributed by atoms with Gasteiger partial charge in [0.15, 0.2) is 0 Å². The molecule has 6 N–H and O–H groups in total. The molecule has 0 aliphatic carbocycles. The van der Waals surface area contributed by atoms with Crippen LogP contribution in [0.25, 0.3) is 0 Å². The number of benzene rings is 1. The third-order valence-electron chi connectivity index (χ3n) is 13.1. The molecule has 1 aromatic carbocycles. The monoisotopic (exact) mass is 1400 g/mol. The van der Waals surface area contributed by atoms with E-state index in [0.717, 1.165) is 70.2 Å². The number of pyridine rings is 1. The molecule has 0 saturated carbocycles. The minimum Gasteiger partial charge on any atom is -0.395 e. The second kappa shape index (κ2) is 71.8. The predicted molar refractivity (Wildman–Crippen MR) is 418 cm³/mol. The maximum Gasteiger partial charge on any atom is 0.225 e. The highest BCUT2D eigenvalue weighted by Crippen LogP contribution is 2.08. The molecule has 0 spiro atoms. The van der Waals surface area contributed by atoms with Crippen LogP contribution in [-0.4, -0.2) is 212 Å². The summed E-state index contributed by atoms with van der Waals surface area (Å²) in [7, 11) is 6.07. The quantitative estimate of drug-likeness (QED) is 0.0721. The van der Waals surface area contributed by atoms with Crippen molar-refractivity contribution in [1.29, 1.82) is 0 Å². The standard InChI is InChI=1S/C11H15NO.C10H18N2O2.C10H14N2O.C9H18N2O.C8H18N2O.C8H17NO.C6H13NO2.C6H13NO.8CH4/c1-9(2)11(13)12-8-10-6-4-3-5-7-10;1-8(2)10(14)12-6-4-11(5-7-12)9(3)13;1-8(2)10(13)12-7-9-5-3-4-6-11-9;1-8(2)9(12)11-6-4-10(3)5-7-11;1-7(2)8(11)9-5-6-10(3)4;1-5-9(6-2)8(10)7(3)4;1-5(2)6(9)7-3-4-8;1-4-7-6(8)5(2)3;;;;;;;;/h3-7,9H,8H2,1-2H3,(H,12,13);8H,4-7H2,1-3H3;3-6,8H,7H2,1-2H3,(H,12,13);8H,4-7H2,1-3H3;7H,5-6H2,1-4H3,(H,9,11);7H,5-6H2,1-4H3;5,8H,3-4H2,1-2H3,(H,7,9);5H,4H2,1-3H3,(H,7,8);8*1H4. The van der Waals surface area contributed by atoms with Crippen LogP contribution in [0.15, 0.2) is 54.7 Å². The largest absolute Gasteiger partial charge is 0.395 e. The van der Waals surface area contributed by atoms with Gasteiger partial charge < -0.3 is 61.1 Å². The minimum absolute atomic E-state index is 0. The molecular formula is C76H158N12O10. The van der Waals surface area contributed by atoms with Gasteiger partial charge in [-0.2, -0.15) is 0 Å². The summed E-state index contributed by atoms with van der Waals surface area (Å²) in [5.74, 6) is 1.91. The van der Waals surface area contributed by atoms with E-state index in [1.807, 2.05) is 214 Å². The first-order valence-corrected chi connectivity index (χ1v) is 32.4. The SMILES string of the molecule is C.C.C.C.C.C.C.C.CC(=O)N1CCN(C(=O)C(C)C)CC1.CC(C)C(=O)N1CCN(C)CC1.CC(C)C(=O)NCCN(C)C.CC(C)C(=O)NCCO.CC(C)C(=O)NCc1ccccc1.CC(C)C(=O)NCc1ccccn1.CCN(CC)C(=O)C(C)C.CCNC(=O)C(C)C. The van der Waals surface area contributed by atoms with Crippen molar-refractivity contribution < 1.29 is 48.3 Å². The number of amides is 9. The number of aromatic nitrogens is 1. The number of nitrogens with one attached hydrogen (secondary N) is 5. The van der Waals surface area contributed by atoms with Crippen LogP contribution in [0, 0.1) is 47.3 Å². The number of aliphatic hydroxyl groups excluding tert-OH is 1. The molecule has 1 aromatic heterocycles. The summed E-state index contributed by atoms with van der Waals surface area (Å²) in [6.07, 6.45) is 1.72. The van der Waals surface area contributed by atoms with Gasteiger partial charge in [-0.1, -0.05) is 207 Å². The van der Waals surface area contributed by atoms with E-state index >= 15 is 0 Å². The summed E-state index contributed by atoms with van der Waals surface area (Å²) in [5.41, 5.74) is 2.02. The van der Waals surface area contributed by atoms with Gasteiger partial charge >= 0.3 is 0 Å². The second-order valence-corrected chi connectivity index (χ2v) is 24.5. The zero-order valence-corrected chi connectivity index (χ0v) is 60.1. The number of rotatable bonds is 20. The molecule has 2 aliphatic rings. The summed E-state index contributed by atoms with van der Waals surface area (Å²) >= 11 is 0. The van der Waals surface area contributed by atoms with Crippen molar-refractivity contribution in [1.82, 2.24) is 61.0 Å². The van der Waals surface area contributed by atoms with Gasteiger partial charge in [-0.25, -0.2) is 0 Å². The lowest BCUT2D eigenvalue weighted by Crippen LogP contribution is -2.51. The highest BCUT2D eigenvalue weighted by molar-refractivity contribution is 5.81. The lowest BCUT2D eigenvalue weighted by molar-refractivity contribution is -0.140. The molecule has 22 nitrogen and oxygen atoms in total. The molecule has 98 heavy (non-hydrogen) atoms. The average Bonchev–Trinajstić information content (AvgIpc) is 0.895. The Morgan fingerprint density at radius 3 is 1.09 bits per heavy atom. The van der Waals surface area contributed by atoms with Crippen LogP contribution < -0.4 is 26.6 Å². The van der Waals surface area contributed by atoms with Gasteiger partial charge in [0.2, 0.25) is 53.2 Å². The molecule has 0 unspecified atom stereocenters. The van der Waals surface area contributed by atoms with Crippen LogP contribution in [0.5, 0.6) is 0 Å². The van der Waals surface area contributed by atoms with Gasteiger partial charge in [0.1, 0.15) is 0 Å². The third-order valence-corrected chi connectivity index (χ3v) is 13.1. The normalized spacial score (nSPS) is 11.5. The number of likely N-dealkylation sites (N-methyl/N-ethyl adjacent to an activating group) is 2. The van der Waals surface area contributed by atoms with E-state index in [9.17, 15) is 43.2 Å². The van der Waals surface area contributed by atoms with Gasteiger partial charge in [-0.05, 0) is 59.6 Å². The molecule has 9 amide bonds. The fourth-order valence-electron chi connectivity index (χ4n) is 7.14. The first-order chi connectivity index (χ1) is 42.1. The molecule has 2 aliphatic heterocycles. The van der Waals surface area contributed by atoms with Crippen LogP contribution in [-0.2, 0) is 56.2 Å². The molecule has 0 bridgehead atoms. The Kier molecular flexibility index (Phi) is 86.8. The summed E-state index contributed by atoms with van der Waals surface area (Å²) in [6, 6.07) is 15.6. The lowest BCUT2D eigenvalue weighted by atomic mass is 10.1. The van der Waals surface area contributed by atoms with Crippen molar-refractivity contribution in [3.05, 3.63) is 66.0 Å². The zero-order valence-electron chi connectivity index (χ0n) is 60.1. The molecule has 22 heteroatoms. The van der Waals surface area contributed by atoms with Gasteiger partial charge in [-0.15, -0.1) is 0 Å². The molecule has 0 atom stereocenters. The van der Waals surface area contributed by atoms with Crippen LogP contribution in [0.2, 0.25) is 0 Å². The predicted octanol–water partition coefficient (Wildman–Crippen LogP) is 11.5. The Balaban J connectivity index is -0.0000000857. The molecule has 2 aromatic rings. The molecule has 4 rings (SSSR count). The van der Waals surface area contributed by atoms with Crippen LogP contribution in [0.4, 0.5) is 0 Å². The highest BCUT2D eigenvalue weighted by atomic mass is 16.3. The van der Waals surface area contributed by atoms with E-state index in [0.29, 0.717) is 51.7 Å². The van der Waals surface area contributed by atoms with Crippen molar-refractivity contribution in [2.45, 2.75) is 211 Å². The summed E-state index contributed by atoms with van der Waals surface area (Å²) in [5, 5.41) is 22.0. The van der Waals surface area contributed by atoms with E-state index in [1.54, 1.807) is 18.0 Å². The Morgan fingerprint density at radius 2 is 0.796 bits per heavy atom. The third kappa shape index (κ3) is 64.2. The number of hydrogen-bond acceptors (Lipinski definition) is 13. The maximum absolute atomic E-state index is 11.6. The number of carbonyl (C=O) groups excluding carboxylic acids is 9. The van der Waals surface area contributed by atoms with Crippen LogP contribution >= 0.6 is 0 Å². The Bertz CT molecular complexity index is 2170. The van der Waals surface area contributed by atoms with Crippen molar-refractivity contribution >= 4 is 53.2 Å². The van der Waals surface area contributed by atoms with E-state index < -0.39 is 0 Å². The van der Waals surface area contributed by atoms with Crippen molar-refractivity contribution in [3.63, 3.8) is 0 Å². The molecule has 582 valence electrons. The number of hydrogen-bond donors (Lipinski definition) is 6. The van der Waals surface area contributed by atoms with E-state index in [-0.39, 0.29) is 161 Å². The summed E-state index contributed by atoms with van der Waals surface area (Å²) in [4.78, 5) is 116. The number of aliphatic hydroxyl groups is 1. The summed E-state index contributed by atoms with van der Waals surface area (Å²) in [6.45, 7) is 49.8. The Hall–Kier alpha value is -6.52. The number of nitrogens with zero attached hydrogens (tertiary/aromatic N) is 7. The fourth-order valence-corrected chi connectivity index (χ4v) is 7.14. The number of piperazine rings is 2. The zero-order chi connectivity index (χ0) is 70.1. The lowest BCUT2D eigenvalue weighted by Gasteiger charge is -2.35. The maximum atomic E-state index is 11.6. The van der Waals surface area contributed by atoms with Crippen molar-refractivity contribution in [3.8, 4) is 0 Å². The smallest absolute Gasteiger partial charge is 0.225 e. The van der Waals surface area contributed by atoms with Gasteiger partial charge in [0.25, 0.3) is 0 Å². The molecule has 2 saturated heterocycles. The number of carbonyl (C=O) groups is 9. The van der Waals surface area contributed by atoms with Gasteiger partial charge in [0.05, 0.1) is 18.8 Å². The second-order valence-electron chi connectivity index (χ2n) is 24.5. The topological polar surface area (TPSA) is 266 Å². The van der Waals surface area contributed by atoms with Crippen LogP contribution in [0.1, 0.15) is 209 Å². The molecular weight excluding hydrogens is 1240 g/mol. The molecule has 3 heterocycles. The van der Waals surface area contributed by atoms with E-state index in [1.165, 1.54) is 0 Å². The van der Waals surface area contributed by atoms with E-state index in [2.05, 4.69) is 43.5 Å².